The molecular weight excluding hydrogens is 403 g/mol. The van der Waals surface area contributed by atoms with Crippen molar-refractivity contribution in [3.8, 4) is 0 Å². The van der Waals surface area contributed by atoms with E-state index in [2.05, 4.69) is 9.98 Å². The Morgan fingerprint density at radius 2 is 1.93 bits per heavy atom. The summed E-state index contributed by atoms with van der Waals surface area (Å²) in [5, 5.41) is 10.3. The van der Waals surface area contributed by atoms with Crippen molar-refractivity contribution in [1.29, 1.82) is 0 Å². The summed E-state index contributed by atoms with van der Waals surface area (Å²) in [5.41, 5.74) is 8.67. The minimum absolute atomic E-state index is 0.194. The van der Waals surface area contributed by atoms with Gasteiger partial charge in [-0.15, -0.1) is 0 Å². The molecular formula is C19H20F3N5O3. The second-order valence-corrected chi connectivity index (χ2v) is 7.48. The van der Waals surface area contributed by atoms with Crippen LogP contribution in [0.4, 0.5) is 19.2 Å². The van der Waals surface area contributed by atoms with Crippen molar-refractivity contribution in [3.05, 3.63) is 35.5 Å². The van der Waals surface area contributed by atoms with Gasteiger partial charge in [0, 0.05) is 24.7 Å². The fraction of sp³-hybridized carbons (Fsp3) is 0.421. The van der Waals surface area contributed by atoms with E-state index in [1.165, 1.54) is 0 Å². The molecule has 0 radical (unpaired) electrons. The maximum absolute atomic E-state index is 13.6. The molecule has 1 unspecified atom stereocenters. The van der Waals surface area contributed by atoms with E-state index in [1.54, 1.807) is 6.07 Å². The predicted molar refractivity (Wildman–Crippen MR) is 102 cm³/mol. The Morgan fingerprint density at radius 1 is 1.27 bits per heavy atom. The summed E-state index contributed by atoms with van der Waals surface area (Å²) >= 11 is 0. The second-order valence-electron chi connectivity index (χ2n) is 7.48. The first-order chi connectivity index (χ1) is 14.1. The lowest BCUT2D eigenvalue weighted by Gasteiger charge is -2.38. The lowest BCUT2D eigenvalue weighted by Crippen LogP contribution is -2.55. The SMILES string of the molecule is NC1=NC(=O)CC(O)(C(F)(F)F)C1=C(N)C1CCN(c2nc3ccccc3o2)CC1. The number of benzene rings is 1. The van der Waals surface area contributed by atoms with E-state index in [-0.39, 0.29) is 5.70 Å². The molecule has 1 amide bonds. The van der Waals surface area contributed by atoms with Gasteiger partial charge >= 0.3 is 6.18 Å². The quantitative estimate of drug-likeness (QED) is 0.672. The number of aliphatic imine (C=N–C) groups is 1. The summed E-state index contributed by atoms with van der Waals surface area (Å²) < 4.78 is 46.5. The van der Waals surface area contributed by atoms with E-state index in [1.807, 2.05) is 23.1 Å². The summed E-state index contributed by atoms with van der Waals surface area (Å²) in [4.78, 5) is 21.2. The van der Waals surface area contributed by atoms with E-state index in [9.17, 15) is 23.1 Å². The number of hydrogen-bond donors (Lipinski definition) is 3. The zero-order chi connectivity index (χ0) is 21.7. The lowest BCUT2D eigenvalue weighted by atomic mass is 9.80. The van der Waals surface area contributed by atoms with Crippen molar-refractivity contribution in [3.63, 3.8) is 0 Å². The number of fused-ring (bicyclic) bond motifs is 1. The molecule has 1 aromatic carbocycles. The second kappa shape index (κ2) is 7.01. The Balaban J connectivity index is 1.59. The molecule has 30 heavy (non-hydrogen) atoms. The number of oxazole rings is 1. The monoisotopic (exact) mass is 423 g/mol. The third-order valence-corrected chi connectivity index (χ3v) is 5.57. The molecule has 1 atom stereocenters. The summed E-state index contributed by atoms with van der Waals surface area (Å²) in [5.74, 6) is -2.31. The maximum atomic E-state index is 13.6. The van der Waals surface area contributed by atoms with Gasteiger partial charge in [-0.2, -0.15) is 23.1 Å². The molecule has 2 aliphatic rings. The van der Waals surface area contributed by atoms with Crippen LogP contribution in [0.3, 0.4) is 0 Å². The van der Waals surface area contributed by atoms with Crippen LogP contribution in [0.25, 0.3) is 11.1 Å². The van der Waals surface area contributed by atoms with Gasteiger partial charge in [-0.1, -0.05) is 12.1 Å². The summed E-state index contributed by atoms with van der Waals surface area (Å²) in [6.45, 7) is 0.873. The first-order valence-electron chi connectivity index (χ1n) is 9.37. The van der Waals surface area contributed by atoms with E-state index in [4.69, 9.17) is 15.9 Å². The lowest BCUT2D eigenvalue weighted by molar-refractivity contribution is -0.244. The zero-order valence-corrected chi connectivity index (χ0v) is 15.8. The average Bonchev–Trinajstić information content (AvgIpc) is 3.10. The molecule has 11 heteroatoms. The van der Waals surface area contributed by atoms with Gasteiger partial charge in [0.15, 0.2) is 11.2 Å². The highest BCUT2D eigenvalue weighted by atomic mass is 19.4. The number of hydrogen-bond acceptors (Lipinski definition) is 7. The van der Waals surface area contributed by atoms with Crippen LogP contribution in [0.2, 0.25) is 0 Å². The zero-order valence-electron chi connectivity index (χ0n) is 15.8. The molecule has 4 rings (SSSR count). The van der Waals surface area contributed by atoms with Gasteiger partial charge in [-0.25, -0.2) is 0 Å². The normalized spacial score (nSPS) is 25.5. The van der Waals surface area contributed by atoms with Crippen molar-refractivity contribution in [2.24, 2.45) is 22.4 Å². The molecule has 1 saturated heterocycles. The molecule has 5 N–H and O–H groups in total. The van der Waals surface area contributed by atoms with Crippen LogP contribution in [0.1, 0.15) is 19.3 Å². The number of nitrogens with zero attached hydrogens (tertiary/aromatic N) is 3. The number of carbonyl (C=O) groups excluding carboxylic acids is 1. The molecule has 3 heterocycles. The van der Waals surface area contributed by atoms with Gasteiger partial charge in [0.2, 0.25) is 0 Å². The highest BCUT2D eigenvalue weighted by molar-refractivity contribution is 6.09. The van der Waals surface area contributed by atoms with E-state index >= 15 is 0 Å². The van der Waals surface area contributed by atoms with Crippen LogP contribution < -0.4 is 16.4 Å². The Hall–Kier alpha value is -3.08. The number of carbonyl (C=O) groups is 1. The largest absolute Gasteiger partial charge is 0.423 e. The number of allylic oxidation sites excluding steroid dienone is 1. The average molecular weight is 423 g/mol. The molecule has 1 fully saturated rings. The Morgan fingerprint density at radius 3 is 2.57 bits per heavy atom. The Labute approximate surface area is 169 Å². The van der Waals surface area contributed by atoms with E-state index in [0.717, 1.165) is 0 Å². The minimum atomic E-state index is -5.12. The van der Waals surface area contributed by atoms with E-state index < -0.39 is 41.4 Å². The van der Waals surface area contributed by atoms with Crippen LogP contribution in [0.15, 0.2) is 44.9 Å². The molecule has 0 spiro atoms. The summed E-state index contributed by atoms with van der Waals surface area (Å²) in [6.07, 6.45) is -5.58. The van der Waals surface area contributed by atoms with Crippen LogP contribution in [-0.2, 0) is 4.79 Å². The number of piperidine rings is 1. The van der Waals surface area contributed by atoms with Crippen LogP contribution in [0.5, 0.6) is 0 Å². The van der Waals surface area contributed by atoms with Gasteiger partial charge in [0.25, 0.3) is 11.9 Å². The number of nitrogens with two attached hydrogens (primary N) is 2. The van der Waals surface area contributed by atoms with Gasteiger partial charge in [0.1, 0.15) is 11.4 Å². The first-order valence-corrected chi connectivity index (χ1v) is 9.37. The van der Waals surface area contributed by atoms with Gasteiger partial charge < -0.3 is 25.9 Å². The number of amidine groups is 1. The molecule has 2 aromatic rings. The molecule has 0 aliphatic carbocycles. The molecule has 160 valence electrons. The van der Waals surface area contributed by atoms with Gasteiger partial charge in [-0.05, 0) is 25.0 Å². The standard InChI is InChI=1S/C19H20F3N5O3/c20-19(21,22)18(29)9-13(28)26-16(24)14(18)15(23)10-5-7-27(8-6-10)17-25-11-3-1-2-4-12(11)30-17/h1-4,10,29H,5-9,23H2,(H2,24,26,28). The number of alkyl halides is 3. The number of anilines is 1. The fourth-order valence-corrected chi connectivity index (χ4v) is 3.96. The van der Waals surface area contributed by atoms with Crippen molar-refractivity contribution in [1.82, 2.24) is 4.98 Å². The number of aromatic nitrogens is 1. The Bertz CT molecular complexity index is 1020. The third kappa shape index (κ3) is 3.28. The van der Waals surface area contributed by atoms with Crippen LogP contribution in [-0.4, -0.2) is 46.7 Å². The number of para-hydroxylation sites is 2. The number of amides is 1. The van der Waals surface area contributed by atoms with E-state index in [0.29, 0.717) is 43.0 Å². The van der Waals surface area contributed by atoms with Gasteiger partial charge in [-0.3, -0.25) is 4.79 Å². The Kier molecular flexibility index (Phi) is 4.72. The van der Waals surface area contributed by atoms with Crippen LogP contribution in [0, 0.1) is 5.92 Å². The first kappa shape index (κ1) is 20.2. The third-order valence-electron chi connectivity index (χ3n) is 5.57. The molecule has 1 aromatic heterocycles. The fourth-order valence-electron chi connectivity index (χ4n) is 3.96. The number of rotatable bonds is 2. The van der Waals surface area contributed by atoms with Crippen LogP contribution >= 0.6 is 0 Å². The van der Waals surface area contributed by atoms with Gasteiger partial charge in [0.05, 0.1) is 12.0 Å². The molecule has 0 saturated carbocycles. The molecule has 2 aliphatic heterocycles. The topological polar surface area (TPSA) is 131 Å². The smallest absolute Gasteiger partial charge is 0.422 e. The number of halogens is 3. The minimum Gasteiger partial charge on any atom is -0.423 e. The van der Waals surface area contributed by atoms with Crippen molar-refractivity contribution >= 4 is 28.9 Å². The van der Waals surface area contributed by atoms with Crippen molar-refractivity contribution in [2.75, 3.05) is 18.0 Å². The highest BCUT2D eigenvalue weighted by Crippen LogP contribution is 2.43. The van der Waals surface area contributed by atoms with Crippen molar-refractivity contribution in [2.45, 2.75) is 31.0 Å². The maximum Gasteiger partial charge on any atom is 0.422 e. The highest BCUT2D eigenvalue weighted by Gasteiger charge is 2.60. The summed E-state index contributed by atoms with van der Waals surface area (Å²) in [6, 6.07) is 7.72. The molecule has 0 bridgehead atoms. The number of aliphatic hydroxyl groups is 1. The molecule has 8 nitrogen and oxygen atoms in total. The predicted octanol–water partition coefficient (Wildman–Crippen LogP) is 1.84. The summed E-state index contributed by atoms with van der Waals surface area (Å²) in [7, 11) is 0. The van der Waals surface area contributed by atoms with Crippen molar-refractivity contribution < 1.29 is 27.5 Å².